The average molecular weight is 392 g/mol. The molecule has 0 aromatic heterocycles. The minimum absolute atomic E-state index is 0.236. The molecule has 29 heavy (non-hydrogen) atoms. The largest absolute Gasteiger partial charge is 0.490 e. The third-order valence-corrected chi connectivity index (χ3v) is 3.93. The SMILES string of the molecule is COC(=O)c1cccc(OC(=O)c2ccccc2OCCOc2ccccc2)c1. The Morgan fingerprint density at radius 3 is 2.21 bits per heavy atom. The summed E-state index contributed by atoms with van der Waals surface area (Å²) < 4.78 is 21.4. The third kappa shape index (κ3) is 5.59. The fourth-order valence-corrected chi connectivity index (χ4v) is 2.56. The number of benzene rings is 3. The van der Waals surface area contributed by atoms with Gasteiger partial charge in [-0.25, -0.2) is 9.59 Å². The lowest BCUT2D eigenvalue weighted by Crippen LogP contribution is -2.14. The first-order valence-electron chi connectivity index (χ1n) is 8.97. The maximum absolute atomic E-state index is 12.6. The van der Waals surface area contributed by atoms with Gasteiger partial charge in [-0.3, -0.25) is 0 Å². The average Bonchev–Trinajstić information content (AvgIpc) is 2.77. The second-order valence-corrected chi connectivity index (χ2v) is 5.92. The Hall–Kier alpha value is -3.80. The Kier molecular flexibility index (Phi) is 6.84. The second kappa shape index (κ2) is 9.94. The lowest BCUT2D eigenvalue weighted by molar-refractivity contribution is 0.0597. The standard InChI is InChI=1S/C23H20O6/c1-26-22(24)17-8-7-11-19(16-17)29-23(25)20-12-5-6-13-21(20)28-15-14-27-18-9-3-2-4-10-18/h2-13,16H,14-15H2,1H3. The number of ether oxygens (including phenoxy) is 4. The molecule has 3 rings (SSSR count). The van der Waals surface area contributed by atoms with Gasteiger partial charge in [0.05, 0.1) is 12.7 Å². The van der Waals surface area contributed by atoms with Crippen LogP contribution in [0.5, 0.6) is 17.2 Å². The topological polar surface area (TPSA) is 71.1 Å². The molecule has 0 heterocycles. The molecule has 0 amide bonds. The molecule has 0 unspecified atom stereocenters. The number of carbonyl (C=O) groups excluding carboxylic acids is 2. The molecule has 148 valence electrons. The van der Waals surface area contributed by atoms with Crippen molar-refractivity contribution < 1.29 is 28.5 Å². The predicted molar refractivity (Wildman–Crippen MR) is 107 cm³/mol. The van der Waals surface area contributed by atoms with Gasteiger partial charge in [-0.2, -0.15) is 0 Å². The van der Waals surface area contributed by atoms with Crippen LogP contribution in [0.2, 0.25) is 0 Å². The van der Waals surface area contributed by atoms with Crippen LogP contribution in [0.1, 0.15) is 20.7 Å². The number of hydrogen-bond donors (Lipinski definition) is 0. The number of methoxy groups -OCH3 is 1. The van der Waals surface area contributed by atoms with Gasteiger partial charge in [0.2, 0.25) is 0 Å². The van der Waals surface area contributed by atoms with E-state index in [1.54, 1.807) is 42.5 Å². The van der Waals surface area contributed by atoms with E-state index in [0.717, 1.165) is 5.75 Å². The van der Waals surface area contributed by atoms with Crippen LogP contribution < -0.4 is 14.2 Å². The van der Waals surface area contributed by atoms with E-state index in [2.05, 4.69) is 4.74 Å². The summed E-state index contributed by atoms with van der Waals surface area (Å²) in [6, 6.07) is 22.4. The summed E-state index contributed by atoms with van der Waals surface area (Å²) in [5.74, 6) is 0.268. The van der Waals surface area contributed by atoms with Gasteiger partial charge < -0.3 is 18.9 Å². The van der Waals surface area contributed by atoms with Gasteiger partial charge in [-0.1, -0.05) is 36.4 Å². The Morgan fingerprint density at radius 2 is 1.41 bits per heavy atom. The summed E-state index contributed by atoms with van der Waals surface area (Å²) in [4.78, 5) is 24.2. The molecular weight excluding hydrogens is 372 g/mol. The van der Waals surface area contributed by atoms with Crippen LogP contribution in [-0.2, 0) is 4.74 Å². The van der Waals surface area contributed by atoms with Crippen molar-refractivity contribution in [3.8, 4) is 17.2 Å². The molecule has 6 heteroatoms. The summed E-state index contributed by atoms with van der Waals surface area (Å²) >= 11 is 0. The zero-order valence-electron chi connectivity index (χ0n) is 15.9. The monoisotopic (exact) mass is 392 g/mol. The number of para-hydroxylation sites is 2. The summed E-state index contributed by atoms with van der Waals surface area (Å²) in [6.07, 6.45) is 0. The molecule has 0 saturated carbocycles. The van der Waals surface area contributed by atoms with Gasteiger partial charge in [0.15, 0.2) is 0 Å². The fraction of sp³-hybridized carbons (Fsp3) is 0.130. The number of hydrogen-bond acceptors (Lipinski definition) is 6. The highest BCUT2D eigenvalue weighted by Gasteiger charge is 2.16. The molecule has 0 aliphatic heterocycles. The number of esters is 2. The Labute approximate surface area is 168 Å². The van der Waals surface area contributed by atoms with Gasteiger partial charge in [0.1, 0.15) is 36.0 Å². The molecule has 0 spiro atoms. The van der Waals surface area contributed by atoms with Crippen molar-refractivity contribution in [2.75, 3.05) is 20.3 Å². The van der Waals surface area contributed by atoms with E-state index in [1.807, 2.05) is 30.3 Å². The van der Waals surface area contributed by atoms with E-state index in [4.69, 9.17) is 14.2 Å². The predicted octanol–water partition coefficient (Wildman–Crippen LogP) is 4.15. The lowest BCUT2D eigenvalue weighted by Gasteiger charge is -2.12. The van der Waals surface area contributed by atoms with Gasteiger partial charge in [0, 0.05) is 0 Å². The summed E-state index contributed by atoms with van der Waals surface area (Å²) in [7, 11) is 1.29. The second-order valence-electron chi connectivity index (χ2n) is 5.92. The first-order valence-corrected chi connectivity index (χ1v) is 8.97. The smallest absolute Gasteiger partial charge is 0.347 e. The molecular formula is C23H20O6. The fourth-order valence-electron chi connectivity index (χ4n) is 2.56. The third-order valence-electron chi connectivity index (χ3n) is 3.93. The summed E-state index contributed by atoms with van der Waals surface area (Å²) in [5, 5.41) is 0. The normalized spacial score (nSPS) is 10.1. The summed E-state index contributed by atoms with van der Waals surface area (Å²) in [6.45, 7) is 0.589. The van der Waals surface area contributed by atoms with Crippen LogP contribution in [0.25, 0.3) is 0 Å². The molecule has 3 aromatic rings. The molecule has 0 bridgehead atoms. The van der Waals surface area contributed by atoms with E-state index in [9.17, 15) is 9.59 Å². The van der Waals surface area contributed by atoms with Crippen LogP contribution in [0.4, 0.5) is 0 Å². The quantitative estimate of drug-likeness (QED) is 0.326. The molecule has 6 nitrogen and oxygen atoms in total. The number of carbonyl (C=O) groups is 2. The minimum Gasteiger partial charge on any atom is -0.490 e. The van der Waals surface area contributed by atoms with Crippen molar-refractivity contribution in [1.82, 2.24) is 0 Å². The first kappa shape index (κ1) is 19.9. The van der Waals surface area contributed by atoms with Gasteiger partial charge in [0.25, 0.3) is 0 Å². The van der Waals surface area contributed by atoms with Crippen LogP contribution in [0, 0.1) is 0 Å². The Morgan fingerprint density at radius 1 is 0.724 bits per heavy atom. The summed E-state index contributed by atoms with van der Waals surface area (Å²) in [5.41, 5.74) is 0.566. The minimum atomic E-state index is -0.591. The van der Waals surface area contributed by atoms with Crippen LogP contribution in [0.15, 0.2) is 78.9 Å². The molecule has 0 saturated heterocycles. The molecule has 0 aliphatic rings. The zero-order chi connectivity index (χ0) is 20.5. The van der Waals surface area contributed by atoms with Crippen LogP contribution >= 0.6 is 0 Å². The molecule has 0 radical (unpaired) electrons. The van der Waals surface area contributed by atoms with Gasteiger partial charge >= 0.3 is 11.9 Å². The van der Waals surface area contributed by atoms with Crippen molar-refractivity contribution in [1.29, 1.82) is 0 Å². The highest BCUT2D eigenvalue weighted by Crippen LogP contribution is 2.22. The maximum Gasteiger partial charge on any atom is 0.347 e. The molecule has 0 atom stereocenters. The van der Waals surface area contributed by atoms with Crippen molar-refractivity contribution >= 4 is 11.9 Å². The van der Waals surface area contributed by atoms with Crippen molar-refractivity contribution in [3.63, 3.8) is 0 Å². The van der Waals surface area contributed by atoms with E-state index >= 15 is 0 Å². The maximum atomic E-state index is 12.6. The Balaban J connectivity index is 1.62. The molecule has 0 aliphatic carbocycles. The Bertz CT molecular complexity index is 968. The molecule has 3 aromatic carbocycles. The molecule has 0 N–H and O–H groups in total. The van der Waals surface area contributed by atoms with Gasteiger partial charge in [-0.15, -0.1) is 0 Å². The van der Waals surface area contributed by atoms with Crippen LogP contribution in [-0.4, -0.2) is 32.3 Å². The van der Waals surface area contributed by atoms with E-state index < -0.39 is 11.9 Å². The molecule has 0 fully saturated rings. The number of rotatable bonds is 8. The van der Waals surface area contributed by atoms with E-state index in [1.165, 1.54) is 13.2 Å². The highest BCUT2D eigenvalue weighted by atomic mass is 16.5. The highest BCUT2D eigenvalue weighted by molar-refractivity contribution is 5.94. The van der Waals surface area contributed by atoms with E-state index in [-0.39, 0.29) is 17.9 Å². The van der Waals surface area contributed by atoms with Crippen molar-refractivity contribution in [2.45, 2.75) is 0 Å². The zero-order valence-corrected chi connectivity index (χ0v) is 15.9. The van der Waals surface area contributed by atoms with Crippen molar-refractivity contribution in [3.05, 3.63) is 90.0 Å². The van der Waals surface area contributed by atoms with E-state index in [0.29, 0.717) is 17.9 Å². The van der Waals surface area contributed by atoms with Gasteiger partial charge in [-0.05, 0) is 42.5 Å². The van der Waals surface area contributed by atoms with Crippen LogP contribution in [0.3, 0.4) is 0 Å². The first-order chi connectivity index (χ1) is 14.2. The lowest BCUT2D eigenvalue weighted by atomic mass is 10.2. The van der Waals surface area contributed by atoms with Crippen molar-refractivity contribution in [2.24, 2.45) is 0 Å².